The van der Waals surface area contributed by atoms with E-state index in [2.05, 4.69) is 41.9 Å². The molecule has 0 spiro atoms. The van der Waals surface area contributed by atoms with E-state index in [-0.39, 0.29) is 60.7 Å². The number of aryl methyl sites for hydroxylation is 1. The van der Waals surface area contributed by atoms with Crippen molar-refractivity contribution in [1.29, 1.82) is 5.41 Å². The molecule has 3 aromatic heterocycles. The van der Waals surface area contributed by atoms with Gasteiger partial charge in [-0.05, 0) is 98.3 Å². The standard InChI is InChI=1S/C61H70FN13O6.C2H6/c1-5-43(62)24-50(64)42(27-63)23-48-47(38-12-13-38)26-49-55(69-61(81-46-18-21-79-22-19-46)70-58(49)74-30-44-25-45(74)29-66-44)57(48)80-33-37-8-10-39(11-9-37)51-31-75(72-71-51)56(35(2)3)60(78)73-20-6-7-53(73)59(77)68-52(32-76)40-14-16-41(17-15-40)54-36(4)28-65-34-67-54;1-2/h5,8-11,14-17,23-24,26-28,31,34-35,38,44-46,52-53,56,63,66,76H,6-7,12-13,18-22,25,29-30,32-33,64H2,1-4H3,(H,68,77);1-2H3/b42-23+,43-5-,50-24+,63-27?;. The molecule has 4 aliphatic heterocycles. The molecule has 6 N–H and O–H groups in total. The van der Waals surface area contributed by atoms with Gasteiger partial charge in [-0.1, -0.05) is 87.5 Å². The maximum Gasteiger partial charge on any atom is 0.319 e. The summed E-state index contributed by atoms with van der Waals surface area (Å²) in [7, 11) is 0. The lowest BCUT2D eigenvalue weighted by Crippen LogP contribution is -2.50. The maximum atomic E-state index is 14.7. The van der Waals surface area contributed by atoms with Crippen molar-refractivity contribution in [1.82, 2.24) is 50.5 Å². The van der Waals surface area contributed by atoms with Crippen LogP contribution in [0.2, 0.25) is 0 Å². The number of carbonyl (C=O) groups is 2. The Labute approximate surface area is 484 Å². The molecular formula is C63H76FN13O6. The number of allylic oxidation sites excluding steroid dienone is 4. The average molecular weight is 1130 g/mol. The third kappa shape index (κ3) is 12.8. The first kappa shape index (κ1) is 58.3. The Morgan fingerprint density at radius 2 is 1.80 bits per heavy atom. The molecule has 19 nitrogen and oxygen atoms in total. The predicted octanol–water partition coefficient (Wildman–Crippen LogP) is 9.03. The van der Waals surface area contributed by atoms with Crippen molar-refractivity contribution in [3.63, 3.8) is 0 Å². The van der Waals surface area contributed by atoms with Crippen LogP contribution in [-0.2, 0) is 20.9 Å². The van der Waals surface area contributed by atoms with E-state index in [1.165, 1.54) is 18.5 Å². The third-order valence-electron chi connectivity index (χ3n) is 16.3. The molecule has 0 radical (unpaired) electrons. The van der Waals surface area contributed by atoms with Crippen LogP contribution in [-0.4, -0.2) is 127 Å². The Morgan fingerprint density at radius 3 is 2.46 bits per heavy atom. The van der Waals surface area contributed by atoms with E-state index in [0.29, 0.717) is 79.6 Å². The fourth-order valence-electron chi connectivity index (χ4n) is 11.7. The Balaban J connectivity index is 0.00000381. The number of carbonyl (C=O) groups excluding carboxylic acids is 2. The van der Waals surface area contributed by atoms with Crippen molar-refractivity contribution in [2.24, 2.45) is 11.7 Å². The number of benzene rings is 3. The molecule has 20 heteroatoms. The van der Waals surface area contributed by atoms with Crippen molar-refractivity contribution in [3.05, 3.63) is 130 Å². The van der Waals surface area contributed by atoms with Crippen LogP contribution in [0.15, 0.2) is 103 Å². The Hall–Kier alpha value is -7.94. The smallest absolute Gasteiger partial charge is 0.319 e. The highest BCUT2D eigenvalue weighted by atomic mass is 19.1. The lowest BCUT2D eigenvalue weighted by molar-refractivity contribution is -0.142. The highest BCUT2D eigenvalue weighted by Crippen LogP contribution is 2.49. The Bertz CT molecular complexity index is 3390. The molecule has 2 amide bonds. The average Bonchev–Trinajstić information content (AvgIpc) is 3.28. The van der Waals surface area contributed by atoms with Crippen molar-refractivity contribution in [3.8, 4) is 34.3 Å². The maximum absolute atomic E-state index is 14.7. The van der Waals surface area contributed by atoms with Gasteiger partial charge in [-0.3, -0.25) is 9.59 Å². The number of fused-ring (bicyclic) bond motifs is 3. The second-order valence-corrected chi connectivity index (χ2v) is 22.2. The number of hydrogen-bond donors (Lipinski definition) is 5. The molecule has 5 unspecified atom stereocenters. The molecular weight excluding hydrogens is 1050 g/mol. The number of ether oxygens (including phenoxy) is 3. The van der Waals surface area contributed by atoms with E-state index >= 15 is 0 Å². The van der Waals surface area contributed by atoms with E-state index in [0.717, 1.165) is 88.8 Å². The monoisotopic (exact) mass is 1130 g/mol. The van der Waals surface area contributed by atoms with Gasteiger partial charge in [0.2, 0.25) is 11.8 Å². The number of aromatic nitrogens is 7. The van der Waals surface area contributed by atoms with Crippen LogP contribution in [0.3, 0.4) is 0 Å². The summed E-state index contributed by atoms with van der Waals surface area (Å²) in [4.78, 5) is 51.4. The van der Waals surface area contributed by atoms with Gasteiger partial charge in [0, 0.05) is 90.3 Å². The number of nitrogens with two attached hydrogens (primary N) is 1. The van der Waals surface area contributed by atoms with Gasteiger partial charge in [-0.2, -0.15) is 9.97 Å². The van der Waals surface area contributed by atoms with Gasteiger partial charge in [0.25, 0.3) is 0 Å². The number of rotatable bonds is 20. The van der Waals surface area contributed by atoms with Gasteiger partial charge in [0.15, 0.2) is 5.75 Å². The summed E-state index contributed by atoms with van der Waals surface area (Å²) in [5.41, 5.74) is 14.7. The fraction of sp³-hybridized carbons (Fsp3) is 0.444. The Kier molecular flexibility index (Phi) is 18.3. The zero-order valence-corrected chi connectivity index (χ0v) is 48.2. The molecule has 11 rings (SSSR count). The number of halogens is 1. The number of hydrogen-bond acceptors (Lipinski definition) is 16. The van der Waals surface area contributed by atoms with Crippen LogP contribution < -0.4 is 30.7 Å². The SMILES string of the molecule is C/C=C(F)/C=C(N)\C(C=N)=C\c1c(C2CC2)cc2c(N3CC4CC3CN4)nc(OC3CCOCC3)nc2c1OCc1ccc(-c2cn(C(C(=O)N3CCCC3C(=O)NC(CO)c3ccc(-c4ncncc4C)cc3)C(C)C)nn2)cc1.CC. The zero-order chi connectivity index (χ0) is 58.3. The summed E-state index contributed by atoms with van der Waals surface area (Å²) in [6.45, 7) is 14.5. The fourth-order valence-corrected chi connectivity index (χ4v) is 11.7. The van der Waals surface area contributed by atoms with Gasteiger partial charge < -0.3 is 50.9 Å². The summed E-state index contributed by atoms with van der Waals surface area (Å²) in [6, 6.07) is 16.2. The number of aliphatic hydroxyl groups excluding tert-OH is 1. The molecule has 5 aliphatic rings. The number of aliphatic hydroxyl groups is 1. The molecule has 4 saturated heterocycles. The van der Waals surface area contributed by atoms with Gasteiger partial charge >= 0.3 is 6.01 Å². The first-order chi connectivity index (χ1) is 40.4. The largest absolute Gasteiger partial charge is 0.486 e. The highest BCUT2D eigenvalue weighted by molar-refractivity contribution is 6.00. The summed E-state index contributed by atoms with van der Waals surface area (Å²) in [6.07, 6.45) is 15.9. The molecule has 5 fully saturated rings. The first-order valence-corrected chi connectivity index (χ1v) is 29.2. The molecule has 6 aromatic rings. The lowest BCUT2D eigenvalue weighted by atomic mass is 9.96. The molecule has 7 heterocycles. The van der Waals surface area contributed by atoms with E-state index in [4.69, 9.17) is 35.3 Å². The van der Waals surface area contributed by atoms with Crippen LogP contribution in [0.5, 0.6) is 11.8 Å². The van der Waals surface area contributed by atoms with E-state index in [9.17, 15) is 19.1 Å². The summed E-state index contributed by atoms with van der Waals surface area (Å²) in [5.74, 6) is 0.220. The van der Waals surface area contributed by atoms with Crippen molar-refractivity contribution < 1.29 is 33.3 Å². The second kappa shape index (κ2) is 26.1. The minimum absolute atomic E-state index is 0.0992. The van der Waals surface area contributed by atoms with Gasteiger partial charge in [-0.15, -0.1) is 5.10 Å². The quantitative estimate of drug-likeness (QED) is 0.0354. The molecule has 1 saturated carbocycles. The van der Waals surface area contributed by atoms with Gasteiger partial charge in [-0.25, -0.2) is 19.0 Å². The van der Waals surface area contributed by atoms with E-state index in [1.807, 2.05) is 89.2 Å². The minimum atomic E-state index is -0.742. The Morgan fingerprint density at radius 1 is 1.04 bits per heavy atom. The van der Waals surface area contributed by atoms with Gasteiger partial charge in [0.1, 0.15) is 54.0 Å². The number of piperazine rings is 1. The van der Waals surface area contributed by atoms with Crippen LogP contribution in [0.1, 0.15) is 125 Å². The third-order valence-corrected chi connectivity index (χ3v) is 16.3. The van der Waals surface area contributed by atoms with E-state index in [1.54, 1.807) is 28.9 Å². The van der Waals surface area contributed by atoms with Crippen LogP contribution in [0, 0.1) is 18.3 Å². The van der Waals surface area contributed by atoms with Gasteiger partial charge in [0.05, 0.1) is 37.8 Å². The normalized spacial score (nSPS) is 20.1. The minimum Gasteiger partial charge on any atom is -0.486 e. The molecule has 2 bridgehead atoms. The zero-order valence-electron chi connectivity index (χ0n) is 48.2. The van der Waals surface area contributed by atoms with Crippen molar-refractivity contribution in [2.45, 2.75) is 135 Å². The number of likely N-dealkylation sites (tertiary alicyclic amines) is 1. The lowest BCUT2D eigenvalue weighted by Gasteiger charge is -2.30. The number of nitrogens with one attached hydrogen (secondary N) is 3. The number of nitrogens with zero attached hydrogens (tertiary/aromatic N) is 9. The van der Waals surface area contributed by atoms with Crippen molar-refractivity contribution >= 4 is 40.8 Å². The topological polar surface area (TPSA) is 245 Å². The first-order valence-electron chi connectivity index (χ1n) is 29.2. The summed E-state index contributed by atoms with van der Waals surface area (Å²) < 4.78 is 35.5. The predicted molar refractivity (Wildman–Crippen MR) is 317 cm³/mol. The summed E-state index contributed by atoms with van der Waals surface area (Å²) in [5, 5.41) is 35.4. The molecule has 436 valence electrons. The second-order valence-electron chi connectivity index (χ2n) is 22.2. The highest BCUT2D eigenvalue weighted by Gasteiger charge is 2.42. The van der Waals surface area contributed by atoms with Crippen LogP contribution >= 0.6 is 0 Å². The van der Waals surface area contributed by atoms with Crippen LogP contribution in [0.25, 0.3) is 39.5 Å². The van der Waals surface area contributed by atoms with E-state index < -0.39 is 24.0 Å². The summed E-state index contributed by atoms with van der Waals surface area (Å²) >= 11 is 0. The van der Waals surface area contributed by atoms with Crippen LogP contribution in [0.4, 0.5) is 10.2 Å². The molecule has 5 atom stereocenters. The number of anilines is 1. The van der Waals surface area contributed by atoms with Crippen molar-refractivity contribution in [2.75, 3.05) is 44.4 Å². The molecule has 83 heavy (non-hydrogen) atoms. The number of amides is 2. The molecule has 1 aliphatic carbocycles. The molecule has 3 aromatic carbocycles.